The zero-order valence-electron chi connectivity index (χ0n) is 16.7. The molecule has 8 heteroatoms. The van der Waals surface area contributed by atoms with Crippen molar-refractivity contribution in [3.8, 4) is 5.88 Å². The van der Waals surface area contributed by atoms with Crippen molar-refractivity contribution in [2.24, 2.45) is 4.99 Å². The van der Waals surface area contributed by atoms with Gasteiger partial charge in [0, 0.05) is 25.0 Å². The van der Waals surface area contributed by atoms with Gasteiger partial charge >= 0.3 is 0 Å². The van der Waals surface area contributed by atoms with Crippen molar-refractivity contribution in [2.45, 2.75) is 51.8 Å². The fraction of sp³-hybridized carbons (Fsp3) is 0.429. The second-order valence-corrected chi connectivity index (χ2v) is 7.12. The van der Waals surface area contributed by atoms with Crippen molar-refractivity contribution in [2.75, 3.05) is 6.54 Å². The van der Waals surface area contributed by atoms with E-state index >= 15 is 0 Å². The van der Waals surface area contributed by atoms with E-state index in [-0.39, 0.29) is 0 Å². The molecule has 0 radical (unpaired) electrons. The standard InChI is InChI=1S/C21H27N7O/c1-2-22-21(25-15-19-27-26-18-9-5-6-12-28(18)19)24-14-16-10-11-23-20(13-16)29-17-7-3-4-8-17/h5-6,9-13,17H,2-4,7-8,14-15H2,1H3,(H2,22,24,25). The third-order valence-electron chi connectivity index (χ3n) is 4.95. The number of guanidine groups is 1. The van der Waals surface area contributed by atoms with Gasteiger partial charge in [0.15, 0.2) is 17.4 Å². The fourth-order valence-electron chi connectivity index (χ4n) is 3.48. The van der Waals surface area contributed by atoms with Crippen LogP contribution in [0.25, 0.3) is 5.65 Å². The number of aromatic nitrogens is 4. The van der Waals surface area contributed by atoms with E-state index in [0.29, 0.717) is 25.1 Å². The Morgan fingerprint density at radius 2 is 2.10 bits per heavy atom. The molecule has 3 aromatic heterocycles. The molecule has 1 saturated carbocycles. The molecule has 1 fully saturated rings. The molecular weight excluding hydrogens is 366 g/mol. The van der Waals surface area contributed by atoms with Crippen molar-refractivity contribution in [1.29, 1.82) is 0 Å². The first-order chi connectivity index (χ1) is 14.3. The number of fused-ring (bicyclic) bond motifs is 1. The van der Waals surface area contributed by atoms with Crippen LogP contribution in [0.4, 0.5) is 0 Å². The summed E-state index contributed by atoms with van der Waals surface area (Å²) in [7, 11) is 0. The topological polar surface area (TPSA) is 88.7 Å². The van der Waals surface area contributed by atoms with E-state index in [1.165, 1.54) is 12.8 Å². The van der Waals surface area contributed by atoms with E-state index < -0.39 is 0 Å². The number of hydrogen-bond acceptors (Lipinski definition) is 5. The number of aliphatic imine (C=N–C) groups is 1. The van der Waals surface area contributed by atoms with Crippen molar-refractivity contribution >= 4 is 11.6 Å². The molecular formula is C21H27N7O. The predicted molar refractivity (Wildman–Crippen MR) is 112 cm³/mol. The van der Waals surface area contributed by atoms with E-state index in [1.54, 1.807) is 6.20 Å². The van der Waals surface area contributed by atoms with Gasteiger partial charge in [-0.3, -0.25) is 4.40 Å². The molecule has 4 rings (SSSR count). The second-order valence-electron chi connectivity index (χ2n) is 7.12. The first-order valence-corrected chi connectivity index (χ1v) is 10.2. The number of hydrogen-bond donors (Lipinski definition) is 2. The van der Waals surface area contributed by atoms with Crippen molar-refractivity contribution in [3.05, 3.63) is 54.1 Å². The maximum atomic E-state index is 6.00. The third-order valence-corrected chi connectivity index (χ3v) is 4.95. The number of pyridine rings is 2. The maximum Gasteiger partial charge on any atom is 0.213 e. The molecule has 0 saturated heterocycles. The highest BCUT2D eigenvalue weighted by atomic mass is 16.5. The molecule has 1 aliphatic carbocycles. The van der Waals surface area contributed by atoms with Gasteiger partial charge in [-0.1, -0.05) is 6.07 Å². The molecule has 152 valence electrons. The SMILES string of the molecule is CCNC(=NCc1ccnc(OC2CCCC2)c1)NCc1nnc2ccccn12. The van der Waals surface area contributed by atoms with Crippen LogP contribution in [0, 0.1) is 0 Å². The molecule has 0 aromatic carbocycles. The maximum absolute atomic E-state index is 6.00. The Morgan fingerprint density at radius 3 is 2.97 bits per heavy atom. The van der Waals surface area contributed by atoms with Gasteiger partial charge in [-0.2, -0.15) is 0 Å². The van der Waals surface area contributed by atoms with E-state index in [2.05, 4.69) is 30.8 Å². The van der Waals surface area contributed by atoms with Crippen LogP contribution in [0.15, 0.2) is 47.7 Å². The average Bonchev–Trinajstić information content (AvgIpc) is 3.40. The molecule has 3 aromatic rings. The molecule has 0 aliphatic heterocycles. The summed E-state index contributed by atoms with van der Waals surface area (Å²) in [5.41, 5.74) is 1.90. The molecule has 0 unspecified atom stereocenters. The summed E-state index contributed by atoms with van der Waals surface area (Å²) < 4.78 is 7.96. The van der Waals surface area contributed by atoms with Gasteiger partial charge in [0.05, 0.1) is 13.1 Å². The van der Waals surface area contributed by atoms with Gasteiger partial charge in [0.25, 0.3) is 0 Å². The van der Waals surface area contributed by atoms with E-state index in [4.69, 9.17) is 4.74 Å². The highest BCUT2D eigenvalue weighted by Crippen LogP contribution is 2.23. The minimum absolute atomic E-state index is 0.304. The summed E-state index contributed by atoms with van der Waals surface area (Å²) in [5, 5.41) is 15.0. The Hall–Kier alpha value is -3.16. The highest BCUT2D eigenvalue weighted by Gasteiger charge is 2.17. The lowest BCUT2D eigenvalue weighted by atomic mass is 10.2. The number of ether oxygens (including phenoxy) is 1. The van der Waals surface area contributed by atoms with Gasteiger partial charge < -0.3 is 15.4 Å². The van der Waals surface area contributed by atoms with Crippen molar-refractivity contribution < 1.29 is 4.74 Å². The van der Waals surface area contributed by atoms with Crippen LogP contribution in [0.2, 0.25) is 0 Å². The van der Waals surface area contributed by atoms with Gasteiger partial charge in [-0.15, -0.1) is 10.2 Å². The van der Waals surface area contributed by atoms with Crippen molar-refractivity contribution in [1.82, 2.24) is 30.2 Å². The van der Waals surface area contributed by atoms with E-state index in [1.807, 2.05) is 47.9 Å². The number of rotatable bonds is 7. The normalized spacial score (nSPS) is 15.0. The molecule has 29 heavy (non-hydrogen) atoms. The monoisotopic (exact) mass is 393 g/mol. The van der Waals surface area contributed by atoms with Crippen LogP contribution < -0.4 is 15.4 Å². The van der Waals surface area contributed by atoms with Gasteiger partial charge in [-0.25, -0.2) is 9.98 Å². The van der Waals surface area contributed by atoms with Crippen molar-refractivity contribution in [3.63, 3.8) is 0 Å². The van der Waals surface area contributed by atoms with Crippen LogP contribution in [-0.4, -0.2) is 38.2 Å². The molecule has 0 atom stereocenters. The summed E-state index contributed by atoms with van der Waals surface area (Å²) in [6.45, 7) is 3.89. The zero-order valence-corrected chi connectivity index (χ0v) is 16.7. The number of nitrogens with one attached hydrogen (secondary N) is 2. The van der Waals surface area contributed by atoms with E-state index in [9.17, 15) is 0 Å². The number of nitrogens with zero attached hydrogens (tertiary/aromatic N) is 5. The van der Waals surface area contributed by atoms with Crippen LogP contribution >= 0.6 is 0 Å². The Labute approximate surface area is 170 Å². The lowest BCUT2D eigenvalue weighted by molar-refractivity contribution is 0.201. The summed E-state index contributed by atoms with van der Waals surface area (Å²) in [5.74, 6) is 2.26. The van der Waals surface area contributed by atoms with Gasteiger partial charge in [-0.05, 0) is 56.4 Å². The van der Waals surface area contributed by atoms with Crippen LogP contribution in [0.1, 0.15) is 44.0 Å². The van der Waals surface area contributed by atoms with Gasteiger partial charge in [0.2, 0.25) is 5.88 Å². The van der Waals surface area contributed by atoms with Gasteiger partial charge in [0.1, 0.15) is 6.10 Å². The predicted octanol–water partition coefficient (Wildman–Crippen LogP) is 2.70. The Balaban J connectivity index is 1.39. The smallest absolute Gasteiger partial charge is 0.213 e. The highest BCUT2D eigenvalue weighted by molar-refractivity contribution is 5.79. The Morgan fingerprint density at radius 1 is 1.21 bits per heavy atom. The molecule has 1 aliphatic rings. The van der Waals surface area contributed by atoms with E-state index in [0.717, 1.165) is 42.4 Å². The molecule has 0 spiro atoms. The molecule has 3 heterocycles. The van der Waals surface area contributed by atoms with Crippen LogP contribution in [0.5, 0.6) is 5.88 Å². The molecule has 2 N–H and O–H groups in total. The summed E-state index contributed by atoms with van der Waals surface area (Å²) >= 11 is 0. The fourth-order valence-corrected chi connectivity index (χ4v) is 3.48. The van der Waals surface area contributed by atoms with Crippen LogP contribution in [0.3, 0.4) is 0 Å². The first kappa shape index (κ1) is 19.2. The Kier molecular flexibility index (Phi) is 6.19. The Bertz CT molecular complexity index is 962. The third kappa shape index (κ3) is 5.01. The molecule has 0 bridgehead atoms. The molecule has 8 nitrogen and oxygen atoms in total. The minimum Gasteiger partial charge on any atom is -0.474 e. The quantitative estimate of drug-likeness (QED) is 0.474. The first-order valence-electron chi connectivity index (χ1n) is 10.2. The summed E-state index contributed by atoms with van der Waals surface area (Å²) in [6.07, 6.45) is 8.78. The lowest BCUT2D eigenvalue weighted by Crippen LogP contribution is -2.37. The summed E-state index contributed by atoms with van der Waals surface area (Å²) in [6, 6.07) is 9.81. The largest absolute Gasteiger partial charge is 0.474 e. The molecule has 0 amide bonds. The summed E-state index contributed by atoms with van der Waals surface area (Å²) in [4.78, 5) is 9.04. The average molecular weight is 393 g/mol. The zero-order chi connectivity index (χ0) is 19.9. The minimum atomic E-state index is 0.304. The second kappa shape index (κ2) is 9.36. The lowest BCUT2D eigenvalue weighted by Gasteiger charge is -2.13. The van der Waals surface area contributed by atoms with Crippen LogP contribution in [-0.2, 0) is 13.1 Å².